The van der Waals surface area contributed by atoms with Crippen LogP contribution in [0.5, 0.6) is 0 Å². The van der Waals surface area contributed by atoms with Gasteiger partial charge in [-0.1, -0.05) is 31.2 Å². The lowest BCUT2D eigenvalue weighted by Crippen LogP contribution is -2.52. The SMILES string of the molecule is CCc1ccc(-c2nc(CC(=O)N3CCN(C4CCS(=O)(=O)C4)CC3)cs2)cc1. The van der Waals surface area contributed by atoms with E-state index in [2.05, 4.69) is 41.1 Å². The van der Waals surface area contributed by atoms with Gasteiger partial charge in [0.2, 0.25) is 5.91 Å². The first-order valence-corrected chi connectivity index (χ1v) is 12.9. The molecule has 29 heavy (non-hydrogen) atoms. The number of aromatic nitrogens is 1. The molecule has 1 amide bonds. The van der Waals surface area contributed by atoms with Crippen molar-refractivity contribution in [1.29, 1.82) is 0 Å². The quantitative estimate of drug-likeness (QED) is 0.723. The van der Waals surface area contributed by atoms with Crippen molar-refractivity contribution in [3.8, 4) is 10.6 Å². The molecule has 2 saturated heterocycles. The van der Waals surface area contributed by atoms with Gasteiger partial charge in [-0.05, 0) is 18.4 Å². The number of rotatable bonds is 5. The summed E-state index contributed by atoms with van der Waals surface area (Å²) >= 11 is 1.57. The molecule has 1 unspecified atom stereocenters. The van der Waals surface area contributed by atoms with Crippen molar-refractivity contribution in [3.05, 3.63) is 40.9 Å². The maximum atomic E-state index is 12.7. The summed E-state index contributed by atoms with van der Waals surface area (Å²) in [6, 6.07) is 8.54. The molecule has 0 aliphatic carbocycles. The van der Waals surface area contributed by atoms with Gasteiger partial charge in [0, 0.05) is 43.2 Å². The molecular formula is C21H27N3O3S2. The Morgan fingerprint density at radius 1 is 1.17 bits per heavy atom. The molecule has 4 rings (SSSR count). The molecule has 0 N–H and O–H groups in total. The zero-order valence-corrected chi connectivity index (χ0v) is 18.3. The molecule has 3 heterocycles. The van der Waals surface area contributed by atoms with Crippen LogP contribution >= 0.6 is 11.3 Å². The van der Waals surface area contributed by atoms with E-state index in [9.17, 15) is 13.2 Å². The lowest BCUT2D eigenvalue weighted by molar-refractivity contribution is -0.132. The van der Waals surface area contributed by atoms with Crippen LogP contribution in [-0.4, -0.2) is 72.8 Å². The van der Waals surface area contributed by atoms with Crippen molar-refractivity contribution in [2.24, 2.45) is 0 Å². The topological polar surface area (TPSA) is 70.6 Å². The van der Waals surface area contributed by atoms with Gasteiger partial charge in [-0.3, -0.25) is 9.69 Å². The number of aryl methyl sites for hydroxylation is 1. The molecule has 2 aliphatic rings. The fourth-order valence-electron chi connectivity index (χ4n) is 4.07. The Balaban J connectivity index is 1.30. The highest BCUT2D eigenvalue weighted by Crippen LogP contribution is 2.25. The lowest BCUT2D eigenvalue weighted by atomic mass is 10.1. The number of hydrogen-bond acceptors (Lipinski definition) is 6. The minimum Gasteiger partial charge on any atom is -0.340 e. The summed E-state index contributed by atoms with van der Waals surface area (Å²) in [5, 5.41) is 2.92. The second-order valence-electron chi connectivity index (χ2n) is 7.84. The van der Waals surface area contributed by atoms with E-state index >= 15 is 0 Å². The molecule has 1 atom stereocenters. The molecule has 2 fully saturated rings. The highest BCUT2D eigenvalue weighted by atomic mass is 32.2. The molecule has 0 saturated carbocycles. The first-order chi connectivity index (χ1) is 13.9. The predicted octanol–water partition coefficient (Wildman–Crippen LogP) is 2.25. The van der Waals surface area contributed by atoms with E-state index in [1.807, 2.05) is 10.3 Å². The van der Waals surface area contributed by atoms with Gasteiger partial charge < -0.3 is 4.90 Å². The van der Waals surface area contributed by atoms with Crippen LogP contribution in [0, 0.1) is 0 Å². The number of carbonyl (C=O) groups excluding carboxylic acids is 1. The van der Waals surface area contributed by atoms with Crippen LogP contribution in [0.25, 0.3) is 10.6 Å². The summed E-state index contributed by atoms with van der Waals surface area (Å²) in [6.45, 7) is 4.95. The normalized spacial score (nSPS) is 22.1. The maximum absolute atomic E-state index is 12.7. The van der Waals surface area contributed by atoms with Crippen LogP contribution in [0.4, 0.5) is 0 Å². The predicted molar refractivity (Wildman–Crippen MR) is 116 cm³/mol. The number of amides is 1. The number of piperazine rings is 1. The van der Waals surface area contributed by atoms with Gasteiger partial charge in [0.05, 0.1) is 23.6 Å². The smallest absolute Gasteiger partial charge is 0.228 e. The molecule has 2 aromatic rings. The Morgan fingerprint density at radius 3 is 2.52 bits per heavy atom. The van der Waals surface area contributed by atoms with E-state index in [-0.39, 0.29) is 17.7 Å². The molecule has 8 heteroatoms. The highest BCUT2D eigenvalue weighted by molar-refractivity contribution is 7.91. The van der Waals surface area contributed by atoms with Crippen molar-refractivity contribution < 1.29 is 13.2 Å². The molecule has 2 aliphatic heterocycles. The Kier molecular flexibility index (Phi) is 6.03. The van der Waals surface area contributed by atoms with Gasteiger partial charge in [0.1, 0.15) is 5.01 Å². The van der Waals surface area contributed by atoms with Crippen LogP contribution in [0.1, 0.15) is 24.6 Å². The molecule has 156 valence electrons. The van der Waals surface area contributed by atoms with E-state index in [0.29, 0.717) is 25.3 Å². The van der Waals surface area contributed by atoms with Crippen LogP contribution in [-0.2, 0) is 27.5 Å². The summed E-state index contributed by atoms with van der Waals surface area (Å²) in [4.78, 5) is 21.5. The van der Waals surface area contributed by atoms with Crippen LogP contribution in [0.15, 0.2) is 29.6 Å². The largest absolute Gasteiger partial charge is 0.340 e. The van der Waals surface area contributed by atoms with Crippen molar-refractivity contribution in [2.75, 3.05) is 37.7 Å². The Morgan fingerprint density at radius 2 is 1.90 bits per heavy atom. The molecule has 0 spiro atoms. The third-order valence-electron chi connectivity index (χ3n) is 5.88. The average molecular weight is 434 g/mol. The lowest BCUT2D eigenvalue weighted by Gasteiger charge is -2.37. The van der Waals surface area contributed by atoms with Crippen molar-refractivity contribution >= 4 is 27.1 Å². The maximum Gasteiger partial charge on any atom is 0.228 e. The number of nitrogens with zero attached hydrogens (tertiary/aromatic N) is 3. The van der Waals surface area contributed by atoms with E-state index in [1.54, 1.807) is 11.3 Å². The van der Waals surface area contributed by atoms with Crippen LogP contribution < -0.4 is 0 Å². The zero-order chi connectivity index (χ0) is 20.4. The third kappa shape index (κ3) is 4.87. The molecule has 1 aromatic heterocycles. The van der Waals surface area contributed by atoms with Crippen molar-refractivity contribution in [1.82, 2.24) is 14.8 Å². The van der Waals surface area contributed by atoms with Crippen molar-refractivity contribution in [3.63, 3.8) is 0 Å². The summed E-state index contributed by atoms with van der Waals surface area (Å²) in [5.41, 5.74) is 3.21. The molecule has 6 nitrogen and oxygen atoms in total. The number of sulfone groups is 1. The average Bonchev–Trinajstić information content (AvgIpc) is 3.34. The van der Waals surface area contributed by atoms with E-state index in [4.69, 9.17) is 0 Å². The second-order valence-corrected chi connectivity index (χ2v) is 10.9. The monoisotopic (exact) mass is 433 g/mol. The fourth-order valence-corrected chi connectivity index (χ4v) is 6.66. The standard InChI is InChI=1S/C21H27N3O3S2/c1-2-16-3-5-17(6-4-16)21-22-18(14-28-21)13-20(25)24-10-8-23(9-11-24)19-7-12-29(26,27)15-19/h3-6,14,19H,2,7-13,15H2,1H3. The van der Waals surface area contributed by atoms with Gasteiger partial charge in [-0.15, -0.1) is 11.3 Å². The van der Waals surface area contributed by atoms with Gasteiger partial charge in [0.25, 0.3) is 0 Å². The Labute approximate surface area is 176 Å². The fraction of sp³-hybridized carbons (Fsp3) is 0.524. The van der Waals surface area contributed by atoms with Gasteiger partial charge in [-0.25, -0.2) is 13.4 Å². The minimum absolute atomic E-state index is 0.0990. The number of carbonyl (C=O) groups is 1. The number of hydrogen-bond donors (Lipinski definition) is 0. The highest BCUT2D eigenvalue weighted by Gasteiger charge is 2.34. The van der Waals surface area contributed by atoms with Gasteiger partial charge in [-0.2, -0.15) is 0 Å². The summed E-state index contributed by atoms with van der Waals surface area (Å²) in [5.74, 6) is 0.660. The summed E-state index contributed by atoms with van der Waals surface area (Å²) in [6.07, 6.45) is 2.06. The number of thiazole rings is 1. The van der Waals surface area contributed by atoms with Crippen LogP contribution in [0.2, 0.25) is 0 Å². The number of benzene rings is 1. The third-order valence-corrected chi connectivity index (χ3v) is 8.58. The molecule has 1 aromatic carbocycles. The first kappa shape index (κ1) is 20.5. The van der Waals surface area contributed by atoms with E-state index in [1.165, 1.54) is 5.56 Å². The zero-order valence-electron chi connectivity index (χ0n) is 16.7. The Bertz CT molecular complexity index is 961. The molecule has 0 radical (unpaired) electrons. The minimum atomic E-state index is -2.87. The Hall–Kier alpha value is -1.77. The summed E-state index contributed by atoms with van der Waals surface area (Å²) in [7, 11) is -2.87. The molecular weight excluding hydrogens is 406 g/mol. The second kappa shape index (κ2) is 8.53. The first-order valence-electron chi connectivity index (χ1n) is 10.2. The van der Waals surface area contributed by atoms with Gasteiger partial charge in [0.15, 0.2) is 9.84 Å². The molecule has 0 bridgehead atoms. The van der Waals surface area contributed by atoms with E-state index in [0.717, 1.165) is 42.2 Å². The van der Waals surface area contributed by atoms with E-state index < -0.39 is 9.84 Å². The van der Waals surface area contributed by atoms with Gasteiger partial charge >= 0.3 is 0 Å². The van der Waals surface area contributed by atoms with Crippen LogP contribution in [0.3, 0.4) is 0 Å². The van der Waals surface area contributed by atoms with Crippen molar-refractivity contribution in [2.45, 2.75) is 32.2 Å². The summed E-state index contributed by atoms with van der Waals surface area (Å²) < 4.78 is 23.4.